The number of hydrogen-bond donors (Lipinski definition) is 2. The Labute approximate surface area is 87.8 Å². The second kappa shape index (κ2) is 5.85. The number of aryl methyl sites for hydroxylation is 1. The molecule has 0 saturated carbocycles. The maximum Gasteiger partial charge on any atom is 0.239 e. The summed E-state index contributed by atoms with van der Waals surface area (Å²) in [6.07, 6.45) is 2.44. The van der Waals surface area contributed by atoms with Crippen molar-refractivity contribution >= 4 is 11.8 Å². The zero-order chi connectivity index (χ0) is 11.1. The molecule has 15 heavy (non-hydrogen) atoms. The van der Waals surface area contributed by atoms with Gasteiger partial charge in [-0.2, -0.15) is 0 Å². The van der Waals surface area contributed by atoms with Gasteiger partial charge in [0, 0.05) is 19.9 Å². The number of amides is 2. The van der Waals surface area contributed by atoms with E-state index in [1.54, 1.807) is 12.3 Å². The van der Waals surface area contributed by atoms with E-state index in [0.29, 0.717) is 12.8 Å². The quantitative estimate of drug-likeness (QED) is 0.722. The highest BCUT2D eigenvalue weighted by Crippen LogP contribution is 2.02. The van der Waals surface area contributed by atoms with Crippen LogP contribution in [0.15, 0.2) is 22.8 Å². The molecule has 0 aromatic carbocycles. The summed E-state index contributed by atoms with van der Waals surface area (Å²) in [6.45, 7) is 0.0213. The molecular formula is C10H14N2O3. The minimum absolute atomic E-state index is 0.0213. The van der Waals surface area contributed by atoms with Gasteiger partial charge >= 0.3 is 0 Å². The van der Waals surface area contributed by atoms with E-state index in [2.05, 4.69) is 10.6 Å². The third-order valence-electron chi connectivity index (χ3n) is 1.90. The first-order valence-electron chi connectivity index (χ1n) is 4.72. The summed E-state index contributed by atoms with van der Waals surface area (Å²) in [4.78, 5) is 22.0. The summed E-state index contributed by atoms with van der Waals surface area (Å²) < 4.78 is 5.07. The summed E-state index contributed by atoms with van der Waals surface area (Å²) >= 11 is 0. The van der Waals surface area contributed by atoms with Crippen LogP contribution in [0, 0.1) is 0 Å². The Kier molecular flexibility index (Phi) is 4.40. The van der Waals surface area contributed by atoms with Crippen molar-refractivity contribution in [3.8, 4) is 0 Å². The lowest BCUT2D eigenvalue weighted by molar-refractivity contribution is -0.125. The van der Waals surface area contributed by atoms with Gasteiger partial charge in [-0.15, -0.1) is 0 Å². The summed E-state index contributed by atoms with van der Waals surface area (Å²) in [7, 11) is 1.53. The summed E-state index contributed by atoms with van der Waals surface area (Å²) in [5.74, 6) is 0.404. The van der Waals surface area contributed by atoms with Crippen LogP contribution in [0.25, 0.3) is 0 Å². The van der Waals surface area contributed by atoms with E-state index in [9.17, 15) is 9.59 Å². The minimum atomic E-state index is -0.207. The molecule has 0 aliphatic carbocycles. The maximum atomic E-state index is 11.2. The summed E-state index contributed by atoms with van der Waals surface area (Å²) in [5.41, 5.74) is 0. The zero-order valence-electron chi connectivity index (χ0n) is 8.58. The van der Waals surface area contributed by atoms with Gasteiger partial charge in [-0.3, -0.25) is 9.59 Å². The van der Waals surface area contributed by atoms with Gasteiger partial charge in [0.2, 0.25) is 11.8 Å². The van der Waals surface area contributed by atoms with Gasteiger partial charge in [-0.05, 0) is 12.1 Å². The lowest BCUT2D eigenvalue weighted by Gasteiger charge is -2.02. The van der Waals surface area contributed by atoms with E-state index in [4.69, 9.17) is 4.42 Å². The standard InChI is InChI=1S/C10H14N2O3/c1-11-10(14)7-12-9(13)5-4-8-3-2-6-15-8/h2-3,6H,4-5,7H2,1H3,(H,11,14)(H,12,13). The Morgan fingerprint density at radius 1 is 1.40 bits per heavy atom. The van der Waals surface area contributed by atoms with Gasteiger partial charge in [0.15, 0.2) is 0 Å². The lowest BCUT2D eigenvalue weighted by atomic mass is 10.2. The van der Waals surface area contributed by atoms with Crippen molar-refractivity contribution in [2.45, 2.75) is 12.8 Å². The molecule has 0 aliphatic rings. The average Bonchev–Trinajstić information content (AvgIpc) is 2.75. The molecule has 5 nitrogen and oxygen atoms in total. The molecule has 1 rings (SSSR count). The number of rotatable bonds is 5. The van der Waals surface area contributed by atoms with Crippen molar-refractivity contribution in [1.29, 1.82) is 0 Å². The van der Waals surface area contributed by atoms with Crippen LogP contribution in [0.1, 0.15) is 12.2 Å². The molecule has 0 unspecified atom stereocenters. The first-order valence-corrected chi connectivity index (χ1v) is 4.72. The molecule has 2 N–H and O–H groups in total. The van der Waals surface area contributed by atoms with E-state index in [1.165, 1.54) is 7.05 Å². The Hall–Kier alpha value is -1.78. The van der Waals surface area contributed by atoms with Crippen molar-refractivity contribution in [1.82, 2.24) is 10.6 Å². The Morgan fingerprint density at radius 3 is 2.80 bits per heavy atom. The molecule has 0 aliphatic heterocycles. The predicted molar refractivity (Wildman–Crippen MR) is 54.1 cm³/mol. The molecule has 1 heterocycles. The first kappa shape index (κ1) is 11.3. The van der Waals surface area contributed by atoms with Gasteiger partial charge in [-0.1, -0.05) is 0 Å². The van der Waals surface area contributed by atoms with E-state index in [-0.39, 0.29) is 18.4 Å². The van der Waals surface area contributed by atoms with Crippen molar-refractivity contribution in [2.75, 3.05) is 13.6 Å². The lowest BCUT2D eigenvalue weighted by Crippen LogP contribution is -2.35. The summed E-state index contributed by atoms with van der Waals surface area (Å²) in [6, 6.07) is 3.59. The van der Waals surface area contributed by atoms with Gasteiger partial charge in [0.05, 0.1) is 12.8 Å². The molecule has 5 heteroatoms. The van der Waals surface area contributed by atoms with Crippen LogP contribution >= 0.6 is 0 Å². The zero-order valence-corrected chi connectivity index (χ0v) is 8.58. The second-order valence-corrected chi connectivity index (χ2v) is 3.03. The molecule has 0 atom stereocenters. The fraction of sp³-hybridized carbons (Fsp3) is 0.400. The van der Waals surface area contributed by atoms with Crippen LogP contribution in [0.3, 0.4) is 0 Å². The highest BCUT2D eigenvalue weighted by atomic mass is 16.3. The fourth-order valence-electron chi connectivity index (χ4n) is 1.05. The first-order chi connectivity index (χ1) is 7.22. The Bertz CT molecular complexity index is 319. The molecule has 0 spiro atoms. The van der Waals surface area contributed by atoms with Crippen molar-refractivity contribution in [2.24, 2.45) is 0 Å². The van der Waals surface area contributed by atoms with Crippen LogP contribution in [-0.2, 0) is 16.0 Å². The predicted octanol–water partition coefficient (Wildman–Crippen LogP) is 0.0744. The molecule has 0 saturated heterocycles. The highest BCUT2D eigenvalue weighted by Gasteiger charge is 2.05. The van der Waals surface area contributed by atoms with Gasteiger partial charge in [0.1, 0.15) is 5.76 Å². The van der Waals surface area contributed by atoms with E-state index >= 15 is 0 Å². The molecule has 0 fully saturated rings. The molecule has 1 aromatic rings. The number of likely N-dealkylation sites (N-methyl/N-ethyl adjacent to an activating group) is 1. The van der Waals surface area contributed by atoms with Crippen LogP contribution in [0.2, 0.25) is 0 Å². The average molecular weight is 210 g/mol. The molecular weight excluding hydrogens is 196 g/mol. The molecule has 82 valence electrons. The fourth-order valence-corrected chi connectivity index (χ4v) is 1.05. The number of furan rings is 1. The van der Waals surface area contributed by atoms with Crippen LogP contribution < -0.4 is 10.6 Å². The highest BCUT2D eigenvalue weighted by molar-refractivity contribution is 5.84. The third kappa shape index (κ3) is 4.30. The van der Waals surface area contributed by atoms with Crippen LogP contribution in [0.5, 0.6) is 0 Å². The Morgan fingerprint density at radius 2 is 2.20 bits per heavy atom. The summed E-state index contributed by atoms with van der Waals surface area (Å²) in [5, 5.41) is 4.92. The number of hydrogen-bond acceptors (Lipinski definition) is 3. The van der Waals surface area contributed by atoms with Gasteiger partial charge < -0.3 is 15.1 Å². The van der Waals surface area contributed by atoms with Crippen molar-refractivity contribution in [3.05, 3.63) is 24.2 Å². The number of nitrogens with one attached hydrogen (secondary N) is 2. The van der Waals surface area contributed by atoms with E-state index < -0.39 is 0 Å². The number of carbonyl (C=O) groups is 2. The molecule has 0 bridgehead atoms. The Balaban J connectivity index is 2.16. The second-order valence-electron chi connectivity index (χ2n) is 3.03. The molecule has 2 amide bonds. The topological polar surface area (TPSA) is 71.3 Å². The van der Waals surface area contributed by atoms with Crippen LogP contribution in [0.4, 0.5) is 0 Å². The monoisotopic (exact) mass is 210 g/mol. The third-order valence-corrected chi connectivity index (χ3v) is 1.90. The normalized spacial score (nSPS) is 9.67. The minimum Gasteiger partial charge on any atom is -0.469 e. The van der Waals surface area contributed by atoms with Gasteiger partial charge in [0.25, 0.3) is 0 Å². The van der Waals surface area contributed by atoms with Crippen molar-refractivity contribution in [3.63, 3.8) is 0 Å². The smallest absolute Gasteiger partial charge is 0.239 e. The van der Waals surface area contributed by atoms with Crippen LogP contribution in [-0.4, -0.2) is 25.4 Å². The van der Waals surface area contributed by atoms with E-state index in [1.807, 2.05) is 6.07 Å². The maximum absolute atomic E-state index is 11.2. The molecule has 1 aromatic heterocycles. The molecule has 0 radical (unpaired) electrons. The SMILES string of the molecule is CNC(=O)CNC(=O)CCc1ccco1. The van der Waals surface area contributed by atoms with Crippen molar-refractivity contribution < 1.29 is 14.0 Å². The van der Waals surface area contributed by atoms with E-state index in [0.717, 1.165) is 5.76 Å². The van der Waals surface area contributed by atoms with Gasteiger partial charge in [-0.25, -0.2) is 0 Å². The largest absolute Gasteiger partial charge is 0.469 e. The number of carbonyl (C=O) groups excluding carboxylic acids is 2.